The number of aliphatic hydroxyl groups is 2. The topological polar surface area (TPSA) is 146 Å². The van der Waals surface area contributed by atoms with Gasteiger partial charge in [0.15, 0.2) is 0 Å². The summed E-state index contributed by atoms with van der Waals surface area (Å²) in [6, 6.07) is -1.13. The zero-order valence-electron chi connectivity index (χ0n) is 31.6. The van der Waals surface area contributed by atoms with Crippen molar-refractivity contribution in [3.63, 3.8) is 0 Å². The van der Waals surface area contributed by atoms with E-state index in [1.165, 1.54) is 70.6 Å². The number of aliphatic hydroxyl groups excluding tert-OH is 2. The lowest BCUT2D eigenvalue weighted by Gasteiger charge is -2.28. The molecule has 1 aliphatic heterocycles. The van der Waals surface area contributed by atoms with Crippen LogP contribution in [0, 0.1) is 0 Å². The number of alkyl carbamates (subject to hydrolysis) is 1. The number of nitrogens with one attached hydrogen (secondary N) is 1. The fourth-order valence-electron chi connectivity index (χ4n) is 6.08. The summed E-state index contributed by atoms with van der Waals surface area (Å²) in [4.78, 5) is 56.8. The number of hydrogen-bond donors (Lipinski definition) is 3. The zero-order valence-corrected chi connectivity index (χ0v) is 31.6. The van der Waals surface area contributed by atoms with Crippen molar-refractivity contribution in [2.45, 2.75) is 200 Å². The van der Waals surface area contributed by atoms with Crippen LogP contribution in [-0.4, -0.2) is 87.5 Å². The van der Waals surface area contributed by atoms with Crippen LogP contribution in [0.1, 0.15) is 176 Å². The van der Waals surface area contributed by atoms with Gasteiger partial charge in [-0.2, -0.15) is 0 Å². The molecule has 0 aromatic heterocycles. The van der Waals surface area contributed by atoms with Crippen molar-refractivity contribution < 1.29 is 39.0 Å². The number of carbonyl (C=O) groups is 4. The van der Waals surface area contributed by atoms with E-state index in [2.05, 4.69) is 24.1 Å². The van der Waals surface area contributed by atoms with Crippen LogP contribution in [0.25, 0.3) is 0 Å². The largest absolute Gasteiger partial charge is 0.444 e. The Kier molecular flexibility index (Phi) is 24.3. The summed E-state index contributed by atoms with van der Waals surface area (Å²) in [6.07, 6.45) is 18.9. The molecule has 11 heteroatoms. The lowest BCUT2D eigenvalue weighted by atomic mass is 10.0. The van der Waals surface area contributed by atoms with Crippen molar-refractivity contribution >= 4 is 23.9 Å². The number of hydroxylamine groups is 2. The lowest BCUT2D eigenvalue weighted by molar-refractivity contribution is -0.199. The van der Waals surface area contributed by atoms with Crippen LogP contribution < -0.4 is 5.32 Å². The average molecular weight is 698 g/mol. The maximum absolute atomic E-state index is 13.0. The summed E-state index contributed by atoms with van der Waals surface area (Å²) in [5.74, 6) is -2.09. The molecule has 286 valence electrons. The molecular weight excluding hydrogens is 626 g/mol. The van der Waals surface area contributed by atoms with E-state index in [-0.39, 0.29) is 19.3 Å². The van der Waals surface area contributed by atoms with E-state index in [1.54, 1.807) is 20.8 Å². The van der Waals surface area contributed by atoms with Gasteiger partial charge in [0.2, 0.25) is 0 Å². The van der Waals surface area contributed by atoms with E-state index >= 15 is 0 Å². The molecule has 0 saturated carbocycles. The van der Waals surface area contributed by atoms with Gasteiger partial charge in [0.05, 0.1) is 12.2 Å². The predicted molar refractivity (Wildman–Crippen MR) is 192 cm³/mol. The second kappa shape index (κ2) is 26.6. The van der Waals surface area contributed by atoms with Crippen molar-refractivity contribution in [3.05, 3.63) is 0 Å². The highest BCUT2D eigenvalue weighted by molar-refractivity contribution is 6.01. The molecule has 11 nitrogen and oxygen atoms in total. The van der Waals surface area contributed by atoms with Crippen molar-refractivity contribution in [1.82, 2.24) is 15.3 Å². The average Bonchev–Trinajstić information content (AvgIpc) is 3.34. The summed E-state index contributed by atoms with van der Waals surface area (Å²) in [5, 5.41) is 24.8. The Morgan fingerprint density at radius 3 is 1.59 bits per heavy atom. The number of imide groups is 1. The standard InChI is InChI=1S/C38H71N3O8/c1-6-8-10-12-14-16-18-20-24-32(43)30-40(29-31(42)23-19-17-15-13-11-9-7-2)28-22-21-25-33(39-37(47)48-38(3,4)5)36(46)49-41-34(44)26-27-35(41)45/h31-33,42-43H,6-30H2,1-5H3,(H,39,47)/t31-,32-,33+/m0/s1. The highest BCUT2D eigenvalue weighted by Crippen LogP contribution is 2.17. The number of amides is 3. The molecule has 1 rings (SSSR count). The zero-order chi connectivity index (χ0) is 36.5. The Morgan fingerprint density at radius 2 is 1.14 bits per heavy atom. The molecule has 3 amide bonds. The van der Waals surface area contributed by atoms with Gasteiger partial charge in [0.25, 0.3) is 11.8 Å². The number of carbonyl (C=O) groups excluding carboxylic acids is 4. The molecule has 1 heterocycles. The Balaban J connectivity index is 2.71. The molecule has 0 aliphatic carbocycles. The first-order valence-corrected chi connectivity index (χ1v) is 19.5. The van der Waals surface area contributed by atoms with Gasteiger partial charge in [-0.15, -0.1) is 5.06 Å². The molecule has 0 aromatic carbocycles. The monoisotopic (exact) mass is 698 g/mol. The van der Waals surface area contributed by atoms with Crippen molar-refractivity contribution in [2.75, 3.05) is 19.6 Å². The van der Waals surface area contributed by atoms with Crippen LogP contribution in [-0.2, 0) is 24.0 Å². The van der Waals surface area contributed by atoms with Gasteiger partial charge in [-0.1, -0.05) is 110 Å². The summed E-state index contributed by atoms with van der Waals surface area (Å²) in [6.45, 7) is 11.1. The highest BCUT2D eigenvalue weighted by Gasteiger charge is 2.35. The molecule has 0 spiro atoms. The van der Waals surface area contributed by atoms with E-state index in [0.717, 1.165) is 38.5 Å². The third-order valence-electron chi connectivity index (χ3n) is 8.85. The van der Waals surface area contributed by atoms with Gasteiger partial charge in [-0.3, -0.25) is 14.5 Å². The highest BCUT2D eigenvalue weighted by atomic mass is 16.7. The first-order valence-electron chi connectivity index (χ1n) is 19.5. The molecule has 0 radical (unpaired) electrons. The molecule has 1 fully saturated rings. The van der Waals surface area contributed by atoms with E-state index in [9.17, 15) is 29.4 Å². The van der Waals surface area contributed by atoms with Gasteiger partial charge in [0, 0.05) is 25.9 Å². The Bertz CT molecular complexity index is 909. The lowest BCUT2D eigenvalue weighted by Crippen LogP contribution is -2.47. The molecule has 3 atom stereocenters. The number of ether oxygens (including phenoxy) is 1. The molecular formula is C38H71N3O8. The number of unbranched alkanes of at least 4 members (excludes halogenated alkanes) is 14. The Hall–Kier alpha value is -2.24. The van der Waals surface area contributed by atoms with E-state index in [4.69, 9.17) is 9.57 Å². The van der Waals surface area contributed by atoms with Crippen LogP contribution in [0.2, 0.25) is 0 Å². The fourth-order valence-corrected chi connectivity index (χ4v) is 6.08. The van der Waals surface area contributed by atoms with Gasteiger partial charge < -0.3 is 25.1 Å². The second-order valence-corrected chi connectivity index (χ2v) is 14.9. The van der Waals surface area contributed by atoms with E-state index < -0.39 is 47.7 Å². The van der Waals surface area contributed by atoms with Crippen LogP contribution in [0.4, 0.5) is 4.79 Å². The third-order valence-corrected chi connectivity index (χ3v) is 8.85. The number of hydrogen-bond acceptors (Lipinski definition) is 9. The predicted octanol–water partition coefficient (Wildman–Crippen LogP) is 7.35. The minimum absolute atomic E-state index is 0.0260. The van der Waals surface area contributed by atoms with Gasteiger partial charge >= 0.3 is 12.1 Å². The molecule has 0 bridgehead atoms. The summed E-state index contributed by atoms with van der Waals surface area (Å²) in [7, 11) is 0. The van der Waals surface area contributed by atoms with E-state index in [1.807, 2.05) is 0 Å². The Labute approximate surface area is 297 Å². The van der Waals surface area contributed by atoms with Gasteiger partial charge in [-0.25, -0.2) is 9.59 Å². The molecule has 1 aliphatic rings. The second-order valence-electron chi connectivity index (χ2n) is 14.9. The quantitative estimate of drug-likeness (QED) is 0.0539. The van der Waals surface area contributed by atoms with Crippen molar-refractivity contribution in [2.24, 2.45) is 0 Å². The maximum Gasteiger partial charge on any atom is 0.408 e. The third kappa shape index (κ3) is 23.0. The summed E-state index contributed by atoms with van der Waals surface area (Å²) < 4.78 is 5.33. The molecule has 49 heavy (non-hydrogen) atoms. The summed E-state index contributed by atoms with van der Waals surface area (Å²) in [5.41, 5.74) is -0.786. The normalized spacial score (nSPS) is 15.5. The Morgan fingerprint density at radius 1 is 0.714 bits per heavy atom. The van der Waals surface area contributed by atoms with Crippen LogP contribution in [0.3, 0.4) is 0 Å². The molecule has 3 N–H and O–H groups in total. The van der Waals surface area contributed by atoms with Gasteiger partial charge in [0.1, 0.15) is 11.6 Å². The van der Waals surface area contributed by atoms with Crippen LogP contribution in [0.5, 0.6) is 0 Å². The van der Waals surface area contributed by atoms with Crippen LogP contribution >= 0.6 is 0 Å². The molecule has 0 unspecified atom stereocenters. The van der Waals surface area contributed by atoms with Crippen LogP contribution in [0.15, 0.2) is 0 Å². The summed E-state index contributed by atoms with van der Waals surface area (Å²) >= 11 is 0. The van der Waals surface area contributed by atoms with Crippen molar-refractivity contribution in [1.29, 1.82) is 0 Å². The fraction of sp³-hybridized carbons (Fsp3) is 0.895. The maximum atomic E-state index is 13.0. The van der Waals surface area contributed by atoms with Crippen molar-refractivity contribution in [3.8, 4) is 0 Å². The smallest absolute Gasteiger partial charge is 0.408 e. The SMILES string of the molecule is CCCCCCCCCC[C@H](O)CN(CCCC[C@@H](NC(=O)OC(C)(C)C)C(=O)ON1C(=O)CCC1=O)C[C@@H](O)CCCCCCCCC. The number of nitrogens with zero attached hydrogens (tertiary/aromatic N) is 2. The van der Waals surface area contributed by atoms with E-state index in [0.29, 0.717) is 37.5 Å². The molecule has 1 saturated heterocycles. The minimum atomic E-state index is -1.13. The van der Waals surface area contributed by atoms with Gasteiger partial charge in [-0.05, 0) is 59.4 Å². The number of rotatable bonds is 29. The first kappa shape index (κ1) is 44.8. The molecule has 0 aromatic rings. The first-order chi connectivity index (χ1) is 23.4. The minimum Gasteiger partial charge on any atom is -0.444 e.